The number of aryl methyl sites for hydroxylation is 1. The zero-order chi connectivity index (χ0) is 16.5. The van der Waals surface area contributed by atoms with E-state index in [4.69, 9.17) is 11.6 Å². The largest absolute Gasteiger partial charge is 0.356 e. The maximum atomic E-state index is 12.5. The minimum atomic E-state index is 0.169. The fourth-order valence-corrected chi connectivity index (χ4v) is 3.38. The molecule has 0 spiro atoms. The maximum absolute atomic E-state index is 12.5. The topological polar surface area (TPSA) is 57.8 Å². The number of hydrogen-bond donors (Lipinski definition) is 2. The van der Waals surface area contributed by atoms with Crippen molar-refractivity contribution < 1.29 is 4.79 Å². The third-order valence-corrected chi connectivity index (χ3v) is 4.57. The molecule has 0 saturated heterocycles. The van der Waals surface area contributed by atoms with Gasteiger partial charge in [0.2, 0.25) is 0 Å². The predicted molar refractivity (Wildman–Crippen MR) is 96.0 cm³/mol. The number of halogens is 1. The summed E-state index contributed by atoms with van der Waals surface area (Å²) in [5, 5.41) is 3.96. The fourth-order valence-electron chi connectivity index (χ4n) is 3.17. The minimum Gasteiger partial charge on any atom is -0.356 e. The van der Waals surface area contributed by atoms with Crippen LogP contribution < -0.4 is 5.32 Å². The van der Waals surface area contributed by atoms with Gasteiger partial charge in [-0.1, -0.05) is 29.8 Å². The van der Waals surface area contributed by atoms with Gasteiger partial charge in [0.15, 0.2) is 5.78 Å². The number of ketones is 1. The average molecular weight is 338 g/mol. The zero-order valence-electron chi connectivity index (χ0n) is 13.0. The van der Waals surface area contributed by atoms with Gasteiger partial charge in [-0.2, -0.15) is 0 Å². The SMILES string of the molecule is O=C1CCCc2[nH]c(-c3ccncc3Cl)c(Nc3ccccc3)c21. The van der Waals surface area contributed by atoms with Crippen molar-refractivity contribution in [3.63, 3.8) is 0 Å². The lowest BCUT2D eigenvalue weighted by molar-refractivity contribution is 0.0973. The second-order valence-corrected chi connectivity index (χ2v) is 6.26. The fraction of sp³-hybridized carbons (Fsp3) is 0.158. The van der Waals surface area contributed by atoms with E-state index in [1.54, 1.807) is 12.4 Å². The van der Waals surface area contributed by atoms with Crippen LogP contribution >= 0.6 is 11.6 Å². The van der Waals surface area contributed by atoms with Crippen LogP contribution in [0.15, 0.2) is 48.8 Å². The minimum absolute atomic E-state index is 0.169. The molecule has 3 aromatic rings. The Bertz CT molecular complexity index is 902. The number of carbonyl (C=O) groups excluding carboxylic acids is 1. The lowest BCUT2D eigenvalue weighted by Crippen LogP contribution is -2.10. The predicted octanol–water partition coefficient (Wildman–Crippen LogP) is 4.99. The van der Waals surface area contributed by atoms with Gasteiger partial charge in [-0.15, -0.1) is 0 Å². The number of aromatic amines is 1. The zero-order valence-corrected chi connectivity index (χ0v) is 13.7. The highest BCUT2D eigenvalue weighted by molar-refractivity contribution is 6.33. The highest BCUT2D eigenvalue weighted by Crippen LogP contribution is 2.40. The summed E-state index contributed by atoms with van der Waals surface area (Å²) in [6.07, 6.45) is 5.64. The summed E-state index contributed by atoms with van der Waals surface area (Å²) in [7, 11) is 0. The van der Waals surface area contributed by atoms with E-state index < -0.39 is 0 Å². The Morgan fingerprint density at radius 3 is 2.75 bits per heavy atom. The molecule has 0 saturated carbocycles. The van der Waals surface area contributed by atoms with Crippen molar-refractivity contribution in [1.29, 1.82) is 0 Å². The van der Waals surface area contributed by atoms with Crippen molar-refractivity contribution in [3.05, 3.63) is 65.1 Å². The molecule has 0 amide bonds. The molecular formula is C19H16ClN3O. The van der Waals surface area contributed by atoms with Crippen molar-refractivity contribution >= 4 is 28.8 Å². The molecule has 0 atom stereocenters. The standard InChI is InChI=1S/C19H16ClN3O/c20-14-11-21-10-9-13(14)18-19(22-12-5-2-1-3-6-12)17-15(23-18)7-4-8-16(17)24/h1-3,5-6,9-11,22-23H,4,7-8H2. The first-order valence-electron chi connectivity index (χ1n) is 7.94. The Hall–Kier alpha value is -2.59. The van der Waals surface area contributed by atoms with Crippen LogP contribution in [0.5, 0.6) is 0 Å². The van der Waals surface area contributed by atoms with Crippen molar-refractivity contribution in [1.82, 2.24) is 9.97 Å². The summed E-state index contributed by atoms with van der Waals surface area (Å²) in [6, 6.07) is 11.7. The molecule has 2 aromatic heterocycles. The second kappa shape index (κ2) is 6.13. The molecule has 0 radical (unpaired) electrons. The van der Waals surface area contributed by atoms with Crippen LogP contribution in [0.4, 0.5) is 11.4 Å². The lowest BCUT2D eigenvalue weighted by atomic mass is 9.95. The first kappa shape index (κ1) is 15.0. The van der Waals surface area contributed by atoms with Gasteiger partial charge in [-0.25, -0.2) is 0 Å². The molecule has 120 valence electrons. The molecule has 5 heteroatoms. The molecule has 1 aliphatic rings. The molecule has 0 unspecified atom stereocenters. The monoisotopic (exact) mass is 337 g/mol. The highest BCUT2D eigenvalue weighted by Gasteiger charge is 2.27. The van der Waals surface area contributed by atoms with E-state index in [1.807, 2.05) is 36.4 Å². The second-order valence-electron chi connectivity index (χ2n) is 5.85. The number of fused-ring (bicyclic) bond motifs is 1. The van der Waals surface area contributed by atoms with Gasteiger partial charge in [0, 0.05) is 35.8 Å². The van der Waals surface area contributed by atoms with Crippen molar-refractivity contribution in [3.8, 4) is 11.3 Å². The number of aromatic nitrogens is 2. The molecule has 2 N–H and O–H groups in total. The summed E-state index contributed by atoms with van der Waals surface area (Å²) in [5.74, 6) is 0.169. The number of pyridine rings is 1. The molecule has 24 heavy (non-hydrogen) atoms. The molecule has 4 nitrogen and oxygen atoms in total. The molecule has 1 aliphatic carbocycles. The highest BCUT2D eigenvalue weighted by atomic mass is 35.5. The lowest BCUT2D eigenvalue weighted by Gasteiger charge is -2.13. The van der Waals surface area contributed by atoms with Crippen LogP contribution in [0, 0.1) is 0 Å². The van der Waals surface area contributed by atoms with Crippen molar-refractivity contribution in [2.45, 2.75) is 19.3 Å². The van der Waals surface area contributed by atoms with Crippen LogP contribution in [0.3, 0.4) is 0 Å². The number of para-hydroxylation sites is 1. The van der Waals surface area contributed by atoms with E-state index in [2.05, 4.69) is 15.3 Å². The molecular weight excluding hydrogens is 322 g/mol. The third kappa shape index (κ3) is 2.59. The summed E-state index contributed by atoms with van der Waals surface area (Å²) in [6.45, 7) is 0. The summed E-state index contributed by atoms with van der Waals surface area (Å²) < 4.78 is 0. The molecule has 2 heterocycles. The Kier molecular flexibility index (Phi) is 3.82. The Morgan fingerprint density at radius 2 is 1.96 bits per heavy atom. The van der Waals surface area contributed by atoms with Gasteiger partial charge < -0.3 is 10.3 Å². The molecule has 1 aromatic carbocycles. The molecule has 0 fully saturated rings. The number of benzene rings is 1. The van der Waals surface area contributed by atoms with E-state index >= 15 is 0 Å². The number of H-pyrrole nitrogens is 1. The number of nitrogens with one attached hydrogen (secondary N) is 2. The summed E-state index contributed by atoms with van der Waals surface area (Å²) in [5.41, 5.74) is 5.15. The molecule has 4 rings (SSSR count). The van der Waals surface area contributed by atoms with Crippen LogP contribution in [0.1, 0.15) is 28.9 Å². The summed E-state index contributed by atoms with van der Waals surface area (Å²) >= 11 is 6.34. The van der Waals surface area contributed by atoms with Gasteiger partial charge in [-0.3, -0.25) is 9.78 Å². The van der Waals surface area contributed by atoms with E-state index in [0.29, 0.717) is 11.4 Å². The van der Waals surface area contributed by atoms with Gasteiger partial charge >= 0.3 is 0 Å². The Morgan fingerprint density at radius 1 is 1.12 bits per heavy atom. The first-order valence-corrected chi connectivity index (χ1v) is 8.32. The van der Waals surface area contributed by atoms with E-state index in [9.17, 15) is 4.79 Å². The van der Waals surface area contributed by atoms with Crippen LogP contribution in [-0.2, 0) is 6.42 Å². The quantitative estimate of drug-likeness (QED) is 0.707. The van der Waals surface area contributed by atoms with Crippen LogP contribution in [0.2, 0.25) is 5.02 Å². The van der Waals surface area contributed by atoms with Gasteiger partial charge in [-0.05, 0) is 31.0 Å². The van der Waals surface area contributed by atoms with Crippen molar-refractivity contribution in [2.75, 3.05) is 5.32 Å². The number of rotatable bonds is 3. The normalized spacial score (nSPS) is 13.6. The van der Waals surface area contributed by atoms with Crippen LogP contribution in [-0.4, -0.2) is 15.8 Å². The van der Waals surface area contributed by atoms with Gasteiger partial charge in [0.05, 0.1) is 22.0 Å². The van der Waals surface area contributed by atoms with E-state index in [1.165, 1.54) is 0 Å². The van der Waals surface area contributed by atoms with Crippen molar-refractivity contribution in [2.24, 2.45) is 0 Å². The molecule has 0 bridgehead atoms. The van der Waals surface area contributed by atoms with E-state index in [0.717, 1.165) is 46.7 Å². The third-order valence-electron chi connectivity index (χ3n) is 4.27. The Labute approximate surface area is 144 Å². The number of carbonyl (C=O) groups is 1. The number of hydrogen-bond acceptors (Lipinski definition) is 3. The Balaban J connectivity index is 1.90. The van der Waals surface area contributed by atoms with E-state index in [-0.39, 0.29) is 5.78 Å². The van der Waals surface area contributed by atoms with Crippen LogP contribution in [0.25, 0.3) is 11.3 Å². The maximum Gasteiger partial charge on any atom is 0.166 e. The summed E-state index contributed by atoms with van der Waals surface area (Å²) in [4.78, 5) is 20.0. The number of nitrogens with zero attached hydrogens (tertiary/aromatic N) is 1. The first-order chi connectivity index (χ1) is 11.7. The average Bonchev–Trinajstić information content (AvgIpc) is 2.96. The smallest absolute Gasteiger partial charge is 0.166 e. The van der Waals surface area contributed by atoms with Gasteiger partial charge in [0.1, 0.15) is 0 Å². The number of Topliss-reactive ketones (excluding diaryl/α,β-unsaturated/α-hetero) is 1. The molecule has 0 aliphatic heterocycles. The number of anilines is 2. The van der Waals surface area contributed by atoms with Gasteiger partial charge in [0.25, 0.3) is 0 Å².